The topological polar surface area (TPSA) is 63.9 Å². The zero-order valence-electron chi connectivity index (χ0n) is 15.9. The van der Waals surface area contributed by atoms with E-state index in [1.807, 2.05) is 48.7 Å². The molecule has 0 N–H and O–H groups in total. The summed E-state index contributed by atoms with van der Waals surface area (Å²) in [6.45, 7) is 5.04. The van der Waals surface area contributed by atoms with Crippen LogP contribution in [0.25, 0.3) is 11.3 Å². The quantitative estimate of drug-likeness (QED) is 0.704. The SMILES string of the molecule is Cc1cc(C(=O)N2CCc3c(-c4ccccc4)nn(C)c3CC2)nc(C)n1. The van der Waals surface area contributed by atoms with E-state index in [1.54, 1.807) is 6.07 Å². The molecule has 1 amide bonds. The number of rotatable bonds is 2. The Labute approximate surface area is 158 Å². The van der Waals surface area contributed by atoms with Gasteiger partial charge >= 0.3 is 0 Å². The van der Waals surface area contributed by atoms with Gasteiger partial charge in [0, 0.05) is 49.1 Å². The number of amides is 1. The van der Waals surface area contributed by atoms with Gasteiger partial charge in [-0.3, -0.25) is 9.48 Å². The van der Waals surface area contributed by atoms with Gasteiger partial charge in [-0.15, -0.1) is 0 Å². The van der Waals surface area contributed by atoms with Crippen molar-refractivity contribution in [2.24, 2.45) is 7.05 Å². The number of nitrogens with zero attached hydrogens (tertiary/aromatic N) is 5. The average Bonchev–Trinajstić information content (AvgIpc) is 2.83. The van der Waals surface area contributed by atoms with Gasteiger partial charge in [0.15, 0.2) is 0 Å². The zero-order valence-corrected chi connectivity index (χ0v) is 15.9. The molecule has 0 fully saturated rings. The van der Waals surface area contributed by atoms with Gasteiger partial charge in [-0.2, -0.15) is 5.10 Å². The van der Waals surface area contributed by atoms with E-state index >= 15 is 0 Å². The summed E-state index contributed by atoms with van der Waals surface area (Å²) in [5, 5.41) is 4.75. The summed E-state index contributed by atoms with van der Waals surface area (Å²) in [4.78, 5) is 23.5. The monoisotopic (exact) mass is 361 g/mol. The predicted octanol–water partition coefficient (Wildman–Crippen LogP) is 2.73. The molecule has 0 atom stereocenters. The van der Waals surface area contributed by atoms with Gasteiger partial charge in [-0.1, -0.05) is 30.3 Å². The highest BCUT2D eigenvalue weighted by atomic mass is 16.2. The first-order valence-electron chi connectivity index (χ1n) is 9.24. The Morgan fingerprint density at radius 1 is 1.04 bits per heavy atom. The molecule has 6 heteroatoms. The van der Waals surface area contributed by atoms with Crippen molar-refractivity contribution in [2.75, 3.05) is 13.1 Å². The molecule has 138 valence electrons. The number of hydrogen-bond acceptors (Lipinski definition) is 4. The minimum atomic E-state index is -0.0226. The van der Waals surface area contributed by atoms with E-state index in [9.17, 15) is 4.79 Å². The van der Waals surface area contributed by atoms with Crippen molar-refractivity contribution in [2.45, 2.75) is 26.7 Å². The lowest BCUT2D eigenvalue weighted by Gasteiger charge is -2.20. The van der Waals surface area contributed by atoms with Crippen molar-refractivity contribution in [3.63, 3.8) is 0 Å². The van der Waals surface area contributed by atoms with Crippen LogP contribution in [0.5, 0.6) is 0 Å². The maximum atomic E-state index is 13.0. The average molecular weight is 361 g/mol. The van der Waals surface area contributed by atoms with Crippen molar-refractivity contribution in [1.82, 2.24) is 24.6 Å². The largest absolute Gasteiger partial charge is 0.337 e. The molecule has 0 radical (unpaired) electrons. The van der Waals surface area contributed by atoms with Crippen molar-refractivity contribution < 1.29 is 4.79 Å². The van der Waals surface area contributed by atoms with Crippen LogP contribution in [0.3, 0.4) is 0 Å². The van der Waals surface area contributed by atoms with Gasteiger partial charge in [0.2, 0.25) is 0 Å². The molecule has 2 aromatic heterocycles. The van der Waals surface area contributed by atoms with E-state index in [-0.39, 0.29) is 5.91 Å². The van der Waals surface area contributed by atoms with Crippen molar-refractivity contribution in [3.8, 4) is 11.3 Å². The van der Waals surface area contributed by atoms with Gasteiger partial charge in [0.25, 0.3) is 5.91 Å². The predicted molar refractivity (Wildman–Crippen MR) is 103 cm³/mol. The third-order valence-corrected chi connectivity index (χ3v) is 5.04. The third kappa shape index (κ3) is 3.35. The summed E-state index contributed by atoms with van der Waals surface area (Å²) in [7, 11) is 1.99. The number of fused-ring (bicyclic) bond motifs is 1. The van der Waals surface area contributed by atoms with Gasteiger partial charge < -0.3 is 4.90 Å². The Morgan fingerprint density at radius 2 is 1.78 bits per heavy atom. The highest BCUT2D eigenvalue weighted by Gasteiger charge is 2.25. The molecule has 0 saturated heterocycles. The minimum absolute atomic E-state index is 0.0226. The van der Waals surface area contributed by atoms with Gasteiger partial charge in [-0.25, -0.2) is 9.97 Å². The van der Waals surface area contributed by atoms with Crippen LogP contribution in [0.1, 0.15) is 33.3 Å². The first-order valence-corrected chi connectivity index (χ1v) is 9.24. The maximum Gasteiger partial charge on any atom is 0.272 e. The van der Waals surface area contributed by atoms with Crippen molar-refractivity contribution >= 4 is 5.91 Å². The Hall–Kier alpha value is -3.02. The lowest BCUT2D eigenvalue weighted by Crippen LogP contribution is -2.34. The number of carbonyl (C=O) groups is 1. The van der Waals surface area contributed by atoms with Gasteiger partial charge in [-0.05, 0) is 26.3 Å². The van der Waals surface area contributed by atoms with Crippen LogP contribution >= 0.6 is 0 Å². The number of aromatic nitrogens is 4. The molecule has 6 nitrogen and oxygen atoms in total. The fourth-order valence-electron chi connectivity index (χ4n) is 3.80. The molecule has 0 unspecified atom stereocenters. The molecule has 4 rings (SSSR count). The highest BCUT2D eigenvalue weighted by Crippen LogP contribution is 2.28. The second-order valence-corrected chi connectivity index (χ2v) is 7.00. The molecule has 3 aromatic rings. The van der Waals surface area contributed by atoms with Crippen LogP contribution in [-0.2, 0) is 19.9 Å². The zero-order chi connectivity index (χ0) is 19.0. The number of hydrogen-bond donors (Lipinski definition) is 0. The molecule has 0 aliphatic carbocycles. The first kappa shape index (κ1) is 17.4. The van der Waals surface area contributed by atoms with Crippen LogP contribution in [0.4, 0.5) is 0 Å². The van der Waals surface area contributed by atoms with Crippen molar-refractivity contribution in [1.29, 1.82) is 0 Å². The molecule has 0 bridgehead atoms. The second-order valence-electron chi connectivity index (χ2n) is 7.00. The Kier molecular flexibility index (Phi) is 4.48. The van der Waals surface area contributed by atoms with Crippen LogP contribution in [0, 0.1) is 13.8 Å². The fraction of sp³-hybridized carbons (Fsp3) is 0.333. The molecule has 27 heavy (non-hydrogen) atoms. The number of aryl methyl sites for hydroxylation is 3. The normalized spacial score (nSPS) is 14.0. The molecule has 3 heterocycles. The molecule has 1 aliphatic rings. The van der Waals surface area contributed by atoms with E-state index < -0.39 is 0 Å². The second kappa shape index (κ2) is 6.95. The summed E-state index contributed by atoms with van der Waals surface area (Å²) < 4.78 is 1.96. The lowest BCUT2D eigenvalue weighted by molar-refractivity contribution is 0.0756. The van der Waals surface area contributed by atoms with Gasteiger partial charge in [0.1, 0.15) is 11.5 Å². The Bertz CT molecular complexity index is 973. The molecule has 1 aromatic carbocycles. The minimum Gasteiger partial charge on any atom is -0.337 e. The standard InChI is InChI=1S/C21H23N5O/c1-14-13-18(23-15(2)22-14)21(27)26-11-9-17-19(10-12-26)25(3)24-20(17)16-7-5-4-6-8-16/h4-8,13H,9-12H2,1-3H3. The van der Waals surface area contributed by atoms with E-state index in [4.69, 9.17) is 5.10 Å². The number of carbonyl (C=O) groups excluding carboxylic acids is 1. The van der Waals surface area contributed by atoms with Crippen molar-refractivity contribution in [3.05, 3.63) is 64.9 Å². The molecule has 0 spiro atoms. The van der Waals surface area contributed by atoms with E-state index in [1.165, 1.54) is 11.3 Å². The lowest BCUT2D eigenvalue weighted by atomic mass is 10.0. The van der Waals surface area contributed by atoms with E-state index in [0.717, 1.165) is 29.8 Å². The molecule has 0 saturated carbocycles. The highest BCUT2D eigenvalue weighted by molar-refractivity contribution is 5.92. The molecular weight excluding hydrogens is 338 g/mol. The summed E-state index contributed by atoms with van der Waals surface area (Å²) in [5.41, 5.74) is 5.90. The number of benzene rings is 1. The summed E-state index contributed by atoms with van der Waals surface area (Å²) >= 11 is 0. The Morgan fingerprint density at radius 3 is 2.52 bits per heavy atom. The maximum absolute atomic E-state index is 13.0. The summed E-state index contributed by atoms with van der Waals surface area (Å²) in [6, 6.07) is 12.0. The summed E-state index contributed by atoms with van der Waals surface area (Å²) in [5.74, 6) is 0.609. The first-order chi connectivity index (χ1) is 13.0. The third-order valence-electron chi connectivity index (χ3n) is 5.04. The smallest absolute Gasteiger partial charge is 0.272 e. The van der Waals surface area contributed by atoms with Crippen LogP contribution < -0.4 is 0 Å². The fourth-order valence-corrected chi connectivity index (χ4v) is 3.80. The Balaban J connectivity index is 1.61. The molecule has 1 aliphatic heterocycles. The summed E-state index contributed by atoms with van der Waals surface area (Å²) in [6.07, 6.45) is 1.59. The van der Waals surface area contributed by atoms with Crippen LogP contribution in [0.2, 0.25) is 0 Å². The van der Waals surface area contributed by atoms with Crippen LogP contribution in [-0.4, -0.2) is 43.6 Å². The van der Waals surface area contributed by atoms with Gasteiger partial charge in [0.05, 0.1) is 5.69 Å². The molecular formula is C21H23N5O. The van der Waals surface area contributed by atoms with E-state index in [0.29, 0.717) is 24.6 Å². The van der Waals surface area contributed by atoms with E-state index in [2.05, 4.69) is 22.1 Å². The van der Waals surface area contributed by atoms with Crippen LogP contribution in [0.15, 0.2) is 36.4 Å².